The molecule has 2 aromatic rings. The lowest BCUT2D eigenvalue weighted by Crippen LogP contribution is -2.54. The minimum atomic E-state index is -3.69. The van der Waals surface area contributed by atoms with E-state index in [1.165, 1.54) is 35.3 Å². The monoisotopic (exact) mass is 633 g/mol. The molecule has 2 atom stereocenters. The molecule has 3 amide bonds. The van der Waals surface area contributed by atoms with Crippen LogP contribution in [0, 0.1) is 0 Å². The number of aliphatic hydroxyl groups excluding tert-OH is 1. The van der Waals surface area contributed by atoms with Gasteiger partial charge in [0.05, 0.1) is 17.4 Å². The lowest BCUT2D eigenvalue weighted by Gasteiger charge is -2.30. The molecular weight excluding hydrogens is 586 g/mol. The van der Waals surface area contributed by atoms with Gasteiger partial charge in [-0.3, -0.25) is 14.4 Å². The number of phenols is 1. The number of nitrogens with two attached hydrogens (primary N) is 1. The van der Waals surface area contributed by atoms with Crippen molar-refractivity contribution in [3.63, 3.8) is 0 Å². The molecule has 0 aliphatic carbocycles. The quantitative estimate of drug-likeness (QED) is 0.155. The van der Waals surface area contributed by atoms with Crippen LogP contribution in [0.2, 0.25) is 0 Å². The Morgan fingerprint density at radius 3 is 1.95 bits per heavy atom. The van der Waals surface area contributed by atoms with Crippen molar-refractivity contribution in [3.8, 4) is 5.75 Å². The molecule has 0 spiro atoms. The number of amides is 3. The van der Waals surface area contributed by atoms with Gasteiger partial charge in [-0.05, 0) is 75.4 Å². The molecule has 13 heteroatoms. The summed E-state index contributed by atoms with van der Waals surface area (Å²) in [5.74, 6) is -1.75. The molecule has 0 saturated heterocycles. The second-order valence-corrected chi connectivity index (χ2v) is 13.3. The summed E-state index contributed by atoms with van der Waals surface area (Å²) in [6.45, 7) is 10.0. The van der Waals surface area contributed by atoms with Gasteiger partial charge in [0.25, 0.3) is 11.8 Å². The summed E-state index contributed by atoms with van der Waals surface area (Å²) in [4.78, 5) is 43.3. The standard InChI is InChI=1S/C31H47N5O7S/c1-6-13-35(14-7-2)31(41)25-18-23(29(32)39)17-24(19-25)30(40)33-27(16-22-9-11-26(37)12-10-22)28(38)20-36(15-8-3)34-44(42,43)21(4)5/h9-12,17-19,21,27-28,34,37-38H,6-8,13-16,20H2,1-5H3,(H2,32,39)(H,33,40). The van der Waals surface area contributed by atoms with Gasteiger partial charge in [0.1, 0.15) is 5.75 Å². The number of carbonyl (C=O) groups is 3. The molecule has 44 heavy (non-hydrogen) atoms. The van der Waals surface area contributed by atoms with Gasteiger partial charge < -0.3 is 26.2 Å². The fraction of sp³-hybridized carbons (Fsp3) is 0.516. The number of hydrogen-bond donors (Lipinski definition) is 5. The molecule has 0 radical (unpaired) electrons. The van der Waals surface area contributed by atoms with E-state index in [1.54, 1.807) is 30.9 Å². The Balaban J connectivity index is 2.45. The fourth-order valence-electron chi connectivity index (χ4n) is 4.57. The van der Waals surface area contributed by atoms with Crippen molar-refractivity contribution in [1.82, 2.24) is 20.1 Å². The normalized spacial score (nSPS) is 13.1. The number of hydrazine groups is 1. The van der Waals surface area contributed by atoms with Gasteiger partial charge in [-0.1, -0.05) is 32.9 Å². The molecule has 0 heterocycles. The lowest BCUT2D eigenvalue weighted by atomic mass is 9.99. The van der Waals surface area contributed by atoms with Crippen LogP contribution in [0.15, 0.2) is 42.5 Å². The first-order valence-electron chi connectivity index (χ1n) is 15.0. The largest absolute Gasteiger partial charge is 0.508 e. The molecule has 12 nitrogen and oxygen atoms in total. The number of hydrogen-bond acceptors (Lipinski definition) is 8. The van der Waals surface area contributed by atoms with Crippen molar-refractivity contribution < 1.29 is 33.0 Å². The molecular formula is C31H47N5O7S. The summed E-state index contributed by atoms with van der Waals surface area (Å²) >= 11 is 0. The molecule has 0 saturated carbocycles. The maximum Gasteiger partial charge on any atom is 0.253 e. The third-order valence-corrected chi connectivity index (χ3v) is 8.71. The van der Waals surface area contributed by atoms with Crippen LogP contribution >= 0.6 is 0 Å². The van der Waals surface area contributed by atoms with E-state index in [1.807, 2.05) is 20.8 Å². The van der Waals surface area contributed by atoms with E-state index in [4.69, 9.17) is 5.73 Å². The number of rotatable bonds is 18. The van der Waals surface area contributed by atoms with E-state index in [2.05, 4.69) is 10.1 Å². The van der Waals surface area contributed by atoms with Crippen LogP contribution < -0.4 is 15.9 Å². The van der Waals surface area contributed by atoms with Crippen LogP contribution in [-0.2, 0) is 16.4 Å². The highest BCUT2D eigenvalue weighted by molar-refractivity contribution is 7.90. The van der Waals surface area contributed by atoms with Crippen LogP contribution in [0.3, 0.4) is 0 Å². The van der Waals surface area contributed by atoms with Gasteiger partial charge in [0, 0.05) is 42.9 Å². The summed E-state index contributed by atoms with van der Waals surface area (Å²) in [7, 11) is -3.69. The number of primary amides is 1. The predicted octanol–water partition coefficient (Wildman–Crippen LogP) is 2.41. The van der Waals surface area contributed by atoms with Gasteiger partial charge in [0.2, 0.25) is 15.9 Å². The Bertz CT molecular complexity index is 1360. The molecule has 6 N–H and O–H groups in total. The molecule has 2 aromatic carbocycles. The maximum absolute atomic E-state index is 13.6. The molecule has 2 rings (SSSR count). The van der Waals surface area contributed by atoms with Crippen LogP contribution in [-0.4, -0.2) is 89.8 Å². The Hall–Kier alpha value is -3.52. The fourth-order valence-corrected chi connectivity index (χ4v) is 5.30. The Morgan fingerprint density at radius 2 is 1.43 bits per heavy atom. The Morgan fingerprint density at radius 1 is 0.886 bits per heavy atom. The third kappa shape index (κ3) is 10.9. The summed E-state index contributed by atoms with van der Waals surface area (Å²) in [5, 5.41) is 24.6. The second-order valence-electron chi connectivity index (χ2n) is 11.1. The topological polar surface area (TPSA) is 182 Å². The van der Waals surface area contributed by atoms with Crippen LogP contribution in [0.4, 0.5) is 0 Å². The molecule has 0 fully saturated rings. The highest BCUT2D eigenvalue weighted by Crippen LogP contribution is 2.17. The zero-order valence-electron chi connectivity index (χ0n) is 26.2. The average Bonchev–Trinajstić information content (AvgIpc) is 2.96. The highest BCUT2D eigenvalue weighted by atomic mass is 32.2. The van der Waals surface area contributed by atoms with E-state index in [9.17, 15) is 33.0 Å². The number of nitrogens with one attached hydrogen (secondary N) is 2. The smallest absolute Gasteiger partial charge is 0.253 e. The second kappa shape index (κ2) is 17.1. The first kappa shape index (κ1) is 36.7. The zero-order chi connectivity index (χ0) is 33.0. The van der Waals surface area contributed by atoms with E-state index in [0.29, 0.717) is 31.6 Å². The van der Waals surface area contributed by atoms with Crippen molar-refractivity contribution in [1.29, 1.82) is 0 Å². The molecule has 0 aromatic heterocycles. The van der Waals surface area contributed by atoms with E-state index >= 15 is 0 Å². The summed E-state index contributed by atoms with van der Waals surface area (Å²) in [6.07, 6.45) is 0.930. The van der Waals surface area contributed by atoms with Crippen LogP contribution in [0.1, 0.15) is 90.5 Å². The minimum absolute atomic E-state index is 0.00595. The molecule has 0 aliphatic heterocycles. The molecule has 0 bridgehead atoms. The van der Waals surface area contributed by atoms with Crippen molar-refractivity contribution >= 4 is 27.7 Å². The average molecular weight is 634 g/mol. The van der Waals surface area contributed by atoms with Crippen molar-refractivity contribution in [2.45, 2.75) is 77.7 Å². The lowest BCUT2D eigenvalue weighted by molar-refractivity contribution is 0.0618. The molecule has 2 unspecified atom stereocenters. The van der Waals surface area contributed by atoms with Crippen molar-refractivity contribution in [3.05, 3.63) is 64.7 Å². The summed E-state index contributed by atoms with van der Waals surface area (Å²) in [6, 6.07) is 9.38. The highest BCUT2D eigenvalue weighted by Gasteiger charge is 2.28. The molecule has 244 valence electrons. The van der Waals surface area contributed by atoms with Gasteiger partial charge in [0.15, 0.2) is 0 Å². The molecule has 0 aliphatic rings. The van der Waals surface area contributed by atoms with E-state index < -0.39 is 39.2 Å². The zero-order valence-corrected chi connectivity index (χ0v) is 27.1. The maximum atomic E-state index is 13.6. The van der Waals surface area contributed by atoms with E-state index in [-0.39, 0.29) is 41.3 Å². The van der Waals surface area contributed by atoms with Crippen molar-refractivity contribution in [2.24, 2.45) is 5.73 Å². The number of carbonyl (C=O) groups excluding carboxylic acids is 3. The first-order valence-corrected chi connectivity index (χ1v) is 16.5. The SMILES string of the molecule is CCCN(CC(O)C(Cc1ccc(O)cc1)NC(=O)c1cc(C(N)=O)cc(C(=O)N(CCC)CCC)c1)NS(=O)(=O)C(C)C. The summed E-state index contributed by atoms with van der Waals surface area (Å²) in [5.41, 5.74) is 6.37. The van der Waals surface area contributed by atoms with Gasteiger partial charge >= 0.3 is 0 Å². The number of sulfonamides is 1. The summed E-state index contributed by atoms with van der Waals surface area (Å²) < 4.78 is 25.1. The van der Waals surface area contributed by atoms with Gasteiger partial charge in [-0.25, -0.2) is 13.4 Å². The van der Waals surface area contributed by atoms with Gasteiger partial charge in [-0.15, -0.1) is 4.83 Å². The van der Waals surface area contributed by atoms with Gasteiger partial charge in [-0.2, -0.15) is 0 Å². The number of benzene rings is 2. The third-order valence-electron chi connectivity index (χ3n) is 6.95. The Labute approximate surface area is 260 Å². The minimum Gasteiger partial charge on any atom is -0.508 e. The number of aromatic hydroxyl groups is 1. The first-order chi connectivity index (χ1) is 20.7. The number of phenolic OH excluding ortho intramolecular Hbond substituents is 1. The van der Waals surface area contributed by atoms with Crippen molar-refractivity contribution in [2.75, 3.05) is 26.2 Å². The van der Waals surface area contributed by atoms with Crippen LogP contribution in [0.5, 0.6) is 5.75 Å². The number of nitrogens with zero attached hydrogens (tertiary/aromatic N) is 2. The predicted molar refractivity (Wildman–Crippen MR) is 170 cm³/mol. The Kier molecular flexibility index (Phi) is 14.2. The van der Waals surface area contributed by atoms with Crippen LogP contribution in [0.25, 0.3) is 0 Å². The number of aliphatic hydroxyl groups is 1. The van der Waals surface area contributed by atoms with E-state index in [0.717, 1.165) is 12.8 Å².